The van der Waals surface area contributed by atoms with Gasteiger partial charge in [0.05, 0.1) is 5.71 Å². The zero-order valence-electron chi connectivity index (χ0n) is 11.7. The van der Waals surface area contributed by atoms with Gasteiger partial charge in [0.25, 0.3) is 5.91 Å². The van der Waals surface area contributed by atoms with Crippen molar-refractivity contribution in [3.8, 4) is 5.75 Å². The van der Waals surface area contributed by atoms with Gasteiger partial charge in [0.15, 0.2) is 6.10 Å². The Bertz CT molecular complexity index is 452. The average Bonchev–Trinajstić information content (AvgIpc) is 2.37. The zero-order valence-corrected chi connectivity index (χ0v) is 11.7. The predicted octanol–water partition coefficient (Wildman–Crippen LogP) is 2.18. The Balaban J connectivity index is 2.65. The monoisotopic (exact) mass is 264 g/mol. The lowest BCUT2D eigenvalue weighted by Crippen LogP contribution is -2.40. The number of hydrogen-bond acceptors (Lipinski definition) is 4. The van der Waals surface area contributed by atoms with Crippen molar-refractivity contribution in [3.63, 3.8) is 0 Å². The van der Waals surface area contributed by atoms with E-state index in [0.29, 0.717) is 11.5 Å². The molecule has 0 aliphatic heterocycles. The van der Waals surface area contributed by atoms with Gasteiger partial charge in [-0.15, -0.1) is 0 Å². The highest BCUT2D eigenvalue weighted by Crippen LogP contribution is 2.14. The quantitative estimate of drug-likeness (QED) is 0.486. The Morgan fingerprint density at radius 3 is 2.32 bits per heavy atom. The summed E-state index contributed by atoms with van der Waals surface area (Å²) in [4.78, 5) is 11.7. The van der Waals surface area contributed by atoms with Gasteiger partial charge < -0.3 is 15.3 Å². The Labute approximate surface area is 113 Å². The van der Waals surface area contributed by atoms with Crippen LogP contribution in [0, 0.1) is 0 Å². The van der Waals surface area contributed by atoms with E-state index < -0.39 is 6.10 Å². The van der Waals surface area contributed by atoms with Gasteiger partial charge in [-0.1, -0.05) is 5.16 Å². The molecule has 1 aromatic carbocycles. The molecule has 0 fully saturated rings. The van der Waals surface area contributed by atoms with Crippen molar-refractivity contribution in [2.45, 2.75) is 39.8 Å². The minimum atomic E-state index is -0.555. The standard InChI is InChI=1S/C14H20N2O3/c1-9(2)15-14(17)11(4)19-13-7-5-12(6-8-13)10(3)16-18/h5-9,11,18H,1-4H3,(H,15,17)/b16-10+. The Hall–Kier alpha value is -2.04. The fourth-order valence-corrected chi connectivity index (χ4v) is 1.49. The molecule has 1 atom stereocenters. The molecular weight excluding hydrogens is 244 g/mol. The molecule has 0 heterocycles. The van der Waals surface area contributed by atoms with Crippen LogP contribution < -0.4 is 10.1 Å². The van der Waals surface area contributed by atoms with E-state index in [2.05, 4.69) is 10.5 Å². The summed E-state index contributed by atoms with van der Waals surface area (Å²) in [6, 6.07) is 7.12. The van der Waals surface area contributed by atoms with Crippen LogP contribution in [0.4, 0.5) is 0 Å². The maximum absolute atomic E-state index is 11.7. The Kier molecular flexibility index (Phi) is 5.36. The van der Waals surface area contributed by atoms with Crippen LogP contribution >= 0.6 is 0 Å². The molecule has 0 bridgehead atoms. The number of oxime groups is 1. The summed E-state index contributed by atoms with van der Waals surface area (Å²) in [5, 5.41) is 14.6. The molecule has 1 amide bonds. The van der Waals surface area contributed by atoms with Gasteiger partial charge in [-0.3, -0.25) is 4.79 Å². The van der Waals surface area contributed by atoms with Crippen LogP contribution in [0.15, 0.2) is 29.4 Å². The number of hydrogen-bond donors (Lipinski definition) is 2. The Morgan fingerprint density at radius 2 is 1.84 bits per heavy atom. The predicted molar refractivity (Wildman–Crippen MR) is 73.8 cm³/mol. The number of nitrogens with zero attached hydrogens (tertiary/aromatic N) is 1. The van der Waals surface area contributed by atoms with Crippen molar-refractivity contribution in [1.29, 1.82) is 0 Å². The van der Waals surface area contributed by atoms with Crippen LogP contribution in [0.2, 0.25) is 0 Å². The summed E-state index contributed by atoms with van der Waals surface area (Å²) < 4.78 is 5.53. The third kappa shape index (κ3) is 4.62. The summed E-state index contributed by atoms with van der Waals surface area (Å²) in [5.74, 6) is 0.452. The van der Waals surface area contributed by atoms with E-state index in [-0.39, 0.29) is 11.9 Å². The average molecular weight is 264 g/mol. The molecule has 0 aliphatic rings. The maximum atomic E-state index is 11.7. The third-order valence-corrected chi connectivity index (χ3v) is 2.54. The van der Waals surface area contributed by atoms with Crippen LogP contribution in [0.5, 0.6) is 5.75 Å². The van der Waals surface area contributed by atoms with Crippen molar-refractivity contribution < 1.29 is 14.7 Å². The van der Waals surface area contributed by atoms with Gasteiger partial charge in [0.2, 0.25) is 0 Å². The third-order valence-electron chi connectivity index (χ3n) is 2.54. The van der Waals surface area contributed by atoms with Gasteiger partial charge in [-0.25, -0.2) is 0 Å². The highest BCUT2D eigenvalue weighted by Gasteiger charge is 2.15. The van der Waals surface area contributed by atoms with Gasteiger partial charge in [0.1, 0.15) is 5.75 Å². The highest BCUT2D eigenvalue weighted by atomic mass is 16.5. The second-order valence-corrected chi connectivity index (χ2v) is 4.63. The molecule has 19 heavy (non-hydrogen) atoms. The number of amides is 1. The van der Waals surface area contributed by atoms with Crippen LogP contribution in [0.25, 0.3) is 0 Å². The number of carbonyl (C=O) groups is 1. The second-order valence-electron chi connectivity index (χ2n) is 4.63. The molecule has 5 heteroatoms. The van der Waals surface area contributed by atoms with Crippen molar-refractivity contribution in [2.75, 3.05) is 0 Å². The summed E-state index contributed by atoms with van der Waals surface area (Å²) in [6.45, 7) is 7.20. The maximum Gasteiger partial charge on any atom is 0.260 e. The highest BCUT2D eigenvalue weighted by molar-refractivity contribution is 5.98. The first-order chi connectivity index (χ1) is 8.93. The van der Waals surface area contributed by atoms with Crippen LogP contribution in [0.3, 0.4) is 0 Å². The first kappa shape index (κ1) is 15.0. The van der Waals surface area contributed by atoms with Gasteiger partial charge in [-0.2, -0.15) is 0 Å². The summed E-state index contributed by atoms with van der Waals surface area (Å²) in [7, 11) is 0. The molecule has 0 aromatic heterocycles. The van der Waals surface area contributed by atoms with E-state index in [0.717, 1.165) is 5.56 Å². The Morgan fingerprint density at radius 1 is 1.26 bits per heavy atom. The largest absolute Gasteiger partial charge is 0.481 e. The van der Waals surface area contributed by atoms with E-state index in [9.17, 15) is 4.79 Å². The van der Waals surface area contributed by atoms with Gasteiger partial charge >= 0.3 is 0 Å². The lowest BCUT2D eigenvalue weighted by atomic mass is 10.1. The van der Waals surface area contributed by atoms with Crippen LogP contribution in [0.1, 0.15) is 33.3 Å². The first-order valence-electron chi connectivity index (χ1n) is 6.20. The molecule has 104 valence electrons. The molecular formula is C14H20N2O3. The molecule has 1 unspecified atom stereocenters. The molecule has 0 spiro atoms. The van der Waals surface area contributed by atoms with Gasteiger partial charge in [-0.05, 0) is 57.5 Å². The number of nitrogens with one attached hydrogen (secondary N) is 1. The van der Waals surface area contributed by atoms with E-state index >= 15 is 0 Å². The SMILES string of the molecule is C/C(=N\O)c1ccc(OC(C)C(=O)NC(C)C)cc1. The van der Waals surface area contributed by atoms with E-state index in [4.69, 9.17) is 9.94 Å². The number of rotatable bonds is 5. The molecule has 1 aromatic rings. The van der Waals surface area contributed by atoms with E-state index in [1.165, 1.54) is 0 Å². The van der Waals surface area contributed by atoms with Crippen molar-refractivity contribution >= 4 is 11.6 Å². The molecule has 0 aliphatic carbocycles. The topological polar surface area (TPSA) is 70.9 Å². The van der Waals surface area contributed by atoms with Crippen molar-refractivity contribution in [1.82, 2.24) is 5.32 Å². The molecule has 1 rings (SSSR count). The molecule has 0 radical (unpaired) electrons. The van der Waals surface area contributed by atoms with E-state index in [1.54, 1.807) is 38.1 Å². The fourth-order valence-electron chi connectivity index (χ4n) is 1.49. The normalized spacial score (nSPS) is 13.2. The van der Waals surface area contributed by atoms with Crippen molar-refractivity contribution in [3.05, 3.63) is 29.8 Å². The lowest BCUT2D eigenvalue weighted by molar-refractivity contribution is -0.127. The summed E-state index contributed by atoms with van der Waals surface area (Å²) in [6.07, 6.45) is -0.555. The lowest BCUT2D eigenvalue weighted by Gasteiger charge is -2.16. The number of benzene rings is 1. The minimum Gasteiger partial charge on any atom is -0.481 e. The molecule has 5 nitrogen and oxygen atoms in total. The van der Waals surface area contributed by atoms with Crippen LogP contribution in [-0.2, 0) is 4.79 Å². The smallest absolute Gasteiger partial charge is 0.260 e. The number of ether oxygens (including phenoxy) is 1. The number of carbonyl (C=O) groups excluding carboxylic acids is 1. The first-order valence-corrected chi connectivity index (χ1v) is 6.20. The second kappa shape index (κ2) is 6.78. The zero-order chi connectivity index (χ0) is 14.4. The summed E-state index contributed by atoms with van der Waals surface area (Å²) >= 11 is 0. The molecule has 0 saturated carbocycles. The summed E-state index contributed by atoms with van der Waals surface area (Å²) in [5.41, 5.74) is 1.33. The van der Waals surface area contributed by atoms with Crippen LogP contribution in [-0.4, -0.2) is 29.0 Å². The fraction of sp³-hybridized carbons (Fsp3) is 0.429. The van der Waals surface area contributed by atoms with E-state index in [1.807, 2.05) is 13.8 Å². The minimum absolute atomic E-state index is 0.0874. The van der Waals surface area contributed by atoms with Crippen molar-refractivity contribution in [2.24, 2.45) is 5.16 Å². The molecule has 2 N–H and O–H groups in total. The molecule has 0 saturated heterocycles. The van der Waals surface area contributed by atoms with Gasteiger partial charge in [0, 0.05) is 6.04 Å².